The number of para-hydroxylation sites is 1. The zero-order valence-electron chi connectivity index (χ0n) is 12.1. The summed E-state index contributed by atoms with van der Waals surface area (Å²) in [5.74, 6) is 1.72. The van der Waals surface area contributed by atoms with E-state index >= 15 is 0 Å². The van der Waals surface area contributed by atoms with Crippen LogP contribution in [0.15, 0.2) is 18.2 Å². The summed E-state index contributed by atoms with van der Waals surface area (Å²) in [4.78, 5) is 0. The fraction of sp³-hybridized carbons (Fsp3) is 0.625. The van der Waals surface area contributed by atoms with Crippen molar-refractivity contribution >= 4 is 0 Å². The van der Waals surface area contributed by atoms with Gasteiger partial charge in [-0.15, -0.1) is 0 Å². The highest BCUT2D eigenvalue weighted by Crippen LogP contribution is 2.34. The smallest absolute Gasteiger partial charge is 0.165 e. The summed E-state index contributed by atoms with van der Waals surface area (Å²) in [7, 11) is 1.70. The van der Waals surface area contributed by atoms with Crippen LogP contribution in [0.25, 0.3) is 0 Å². The molecular weight excluding hydrogens is 254 g/mol. The lowest BCUT2D eigenvalue weighted by molar-refractivity contribution is -0.0806. The highest BCUT2D eigenvalue weighted by atomic mass is 16.6. The van der Waals surface area contributed by atoms with Crippen LogP contribution >= 0.6 is 0 Å². The first-order valence-electron chi connectivity index (χ1n) is 7.50. The van der Waals surface area contributed by atoms with Gasteiger partial charge in [0.2, 0.25) is 0 Å². The maximum absolute atomic E-state index is 6.07. The molecule has 0 amide bonds. The van der Waals surface area contributed by atoms with E-state index in [1.807, 2.05) is 12.1 Å². The molecule has 0 aromatic heterocycles. The molecule has 4 heteroatoms. The first-order valence-corrected chi connectivity index (χ1v) is 7.50. The lowest BCUT2D eigenvalue weighted by Crippen LogP contribution is -2.39. The van der Waals surface area contributed by atoms with Gasteiger partial charge in [-0.05, 0) is 37.4 Å². The second-order valence-electron chi connectivity index (χ2n) is 5.58. The van der Waals surface area contributed by atoms with Crippen molar-refractivity contribution in [2.24, 2.45) is 0 Å². The molecule has 3 rings (SSSR count). The molecule has 2 aliphatic rings. The lowest BCUT2D eigenvalue weighted by atomic mass is 9.97. The molecule has 1 aromatic carbocycles. The van der Waals surface area contributed by atoms with E-state index in [9.17, 15) is 0 Å². The maximum Gasteiger partial charge on any atom is 0.165 e. The standard InChI is InChI=1S/C16H23NO3/c1-18-15-7-4-5-12(9-13-6-2-3-8-17-13)16(15)20-14-10-19-11-14/h4-5,7,13-14,17H,2-3,6,8-11H2,1H3. The topological polar surface area (TPSA) is 39.7 Å². The van der Waals surface area contributed by atoms with Crippen molar-refractivity contribution in [1.29, 1.82) is 0 Å². The van der Waals surface area contributed by atoms with Crippen LogP contribution in [0, 0.1) is 0 Å². The van der Waals surface area contributed by atoms with Crippen LogP contribution in [0.1, 0.15) is 24.8 Å². The molecule has 0 bridgehead atoms. The Balaban J connectivity index is 1.76. The number of benzene rings is 1. The van der Waals surface area contributed by atoms with E-state index in [2.05, 4.69) is 11.4 Å². The van der Waals surface area contributed by atoms with E-state index in [1.54, 1.807) is 7.11 Å². The van der Waals surface area contributed by atoms with Crippen LogP contribution in [0.4, 0.5) is 0 Å². The third-order valence-electron chi connectivity index (χ3n) is 4.05. The van der Waals surface area contributed by atoms with Crippen LogP contribution in [0.3, 0.4) is 0 Å². The normalized spacial score (nSPS) is 23.1. The molecule has 1 aromatic rings. The zero-order chi connectivity index (χ0) is 13.8. The highest BCUT2D eigenvalue weighted by Gasteiger charge is 2.24. The monoisotopic (exact) mass is 277 g/mol. The van der Waals surface area contributed by atoms with Gasteiger partial charge in [-0.3, -0.25) is 0 Å². The van der Waals surface area contributed by atoms with Crippen molar-refractivity contribution in [1.82, 2.24) is 5.32 Å². The van der Waals surface area contributed by atoms with Crippen LogP contribution < -0.4 is 14.8 Å². The molecule has 1 N–H and O–H groups in total. The second-order valence-corrected chi connectivity index (χ2v) is 5.58. The molecule has 2 saturated heterocycles. The highest BCUT2D eigenvalue weighted by molar-refractivity contribution is 5.47. The first-order chi connectivity index (χ1) is 9.86. The Labute approximate surface area is 120 Å². The largest absolute Gasteiger partial charge is 0.493 e. The number of methoxy groups -OCH3 is 1. The van der Waals surface area contributed by atoms with Crippen molar-refractivity contribution in [3.8, 4) is 11.5 Å². The molecule has 2 heterocycles. The predicted octanol–water partition coefficient (Wildman–Crippen LogP) is 2.16. The van der Waals surface area contributed by atoms with Crippen molar-refractivity contribution in [2.75, 3.05) is 26.9 Å². The van der Waals surface area contributed by atoms with E-state index in [0.29, 0.717) is 19.3 Å². The Kier molecular flexibility index (Phi) is 4.43. The van der Waals surface area contributed by atoms with Gasteiger partial charge in [-0.1, -0.05) is 18.6 Å². The Morgan fingerprint density at radius 2 is 2.20 bits per heavy atom. The third kappa shape index (κ3) is 3.07. The summed E-state index contributed by atoms with van der Waals surface area (Å²) in [5.41, 5.74) is 1.23. The molecule has 1 atom stereocenters. The average Bonchev–Trinajstić information content (AvgIpc) is 2.45. The van der Waals surface area contributed by atoms with Crippen LogP contribution in [-0.2, 0) is 11.2 Å². The molecule has 20 heavy (non-hydrogen) atoms. The van der Waals surface area contributed by atoms with E-state index in [1.165, 1.54) is 24.8 Å². The number of piperidine rings is 1. The Hall–Kier alpha value is -1.26. The van der Waals surface area contributed by atoms with Crippen LogP contribution in [-0.4, -0.2) is 39.0 Å². The predicted molar refractivity (Wildman–Crippen MR) is 77.6 cm³/mol. The Bertz CT molecular complexity index is 439. The second kappa shape index (κ2) is 6.46. The van der Waals surface area contributed by atoms with Gasteiger partial charge in [0.15, 0.2) is 11.5 Å². The molecule has 0 aliphatic carbocycles. The van der Waals surface area contributed by atoms with Gasteiger partial charge in [0, 0.05) is 6.04 Å². The minimum absolute atomic E-state index is 0.171. The van der Waals surface area contributed by atoms with Crippen molar-refractivity contribution < 1.29 is 14.2 Å². The lowest BCUT2D eigenvalue weighted by Gasteiger charge is -2.30. The summed E-state index contributed by atoms with van der Waals surface area (Å²) in [5, 5.41) is 3.59. The van der Waals surface area contributed by atoms with Gasteiger partial charge in [0.1, 0.15) is 6.10 Å². The maximum atomic E-state index is 6.07. The fourth-order valence-corrected chi connectivity index (χ4v) is 2.83. The average molecular weight is 277 g/mol. The summed E-state index contributed by atoms with van der Waals surface area (Å²) in [6.07, 6.45) is 5.01. The van der Waals surface area contributed by atoms with E-state index in [4.69, 9.17) is 14.2 Å². The Morgan fingerprint density at radius 3 is 2.85 bits per heavy atom. The fourth-order valence-electron chi connectivity index (χ4n) is 2.83. The molecule has 2 fully saturated rings. The van der Waals surface area contributed by atoms with Gasteiger partial charge in [0.25, 0.3) is 0 Å². The van der Waals surface area contributed by atoms with E-state index < -0.39 is 0 Å². The molecule has 0 saturated carbocycles. The van der Waals surface area contributed by atoms with Crippen molar-refractivity contribution in [2.45, 2.75) is 37.8 Å². The summed E-state index contributed by atoms with van der Waals surface area (Å²) < 4.78 is 16.7. The van der Waals surface area contributed by atoms with Gasteiger partial charge in [-0.25, -0.2) is 0 Å². The summed E-state index contributed by atoms with van der Waals surface area (Å²) >= 11 is 0. The molecule has 110 valence electrons. The number of rotatable bonds is 5. The van der Waals surface area contributed by atoms with Crippen LogP contribution in [0.2, 0.25) is 0 Å². The van der Waals surface area contributed by atoms with Gasteiger partial charge < -0.3 is 19.5 Å². The minimum atomic E-state index is 0.171. The van der Waals surface area contributed by atoms with E-state index in [-0.39, 0.29) is 6.10 Å². The zero-order valence-corrected chi connectivity index (χ0v) is 12.1. The minimum Gasteiger partial charge on any atom is -0.493 e. The first kappa shape index (κ1) is 13.7. The van der Waals surface area contributed by atoms with Crippen LogP contribution in [0.5, 0.6) is 11.5 Å². The molecule has 1 unspecified atom stereocenters. The van der Waals surface area contributed by atoms with Crippen molar-refractivity contribution in [3.05, 3.63) is 23.8 Å². The third-order valence-corrected chi connectivity index (χ3v) is 4.05. The SMILES string of the molecule is COc1cccc(CC2CCCCN2)c1OC1COC1. The number of nitrogens with one attached hydrogen (secondary N) is 1. The number of hydrogen-bond donors (Lipinski definition) is 1. The van der Waals surface area contributed by atoms with E-state index in [0.717, 1.165) is 24.5 Å². The molecular formula is C16H23NO3. The van der Waals surface area contributed by atoms with Gasteiger partial charge in [0.05, 0.1) is 20.3 Å². The quantitative estimate of drug-likeness (QED) is 0.895. The number of hydrogen-bond acceptors (Lipinski definition) is 4. The molecule has 0 radical (unpaired) electrons. The van der Waals surface area contributed by atoms with Crippen molar-refractivity contribution in [3.63, 3.8) is 0 Å². The Morgan fingerprint density at radius 1 is 1.30 bits per heavy atom. The molecule has 2 aliphatic heterocycles. The molecule has 0 spiro atoms. The molecule has 4 nitrogen and oxygen atoms in total. The summed E-state index contributed by atoms with van der Waals surface area (Å²) in [6.45, 7) is 2.49. The van der Waals surface area contributed by atoms with Gasteiger partial charge in [-0.2, -0.15) is 0 Å². The number of ether oxygens (including phenoxy) is 3. The summed E-state index contributed by atoms with van der Waals surface area (Å²) in [6, 6.07) is 6.71. The van der Waals surface area contributed by atoms with Gasteiger partial charge >= 0.3 is 0 Å².